The molecule has 1 fully saturated rings. The maximum Gasteiger partial charge on any atom is 0.408 e. The minimum Gasteiger partial charge on any atom is -0.444 e. The van der Waals surface area contributed by atoms with Gasteiger partial charge in [-0.25, -0.2) is 4.79 Å². The van der Waals surface area contributed by atoms with Crippen molar-refractivity contribution >= 4 is 23.8 Å². The van der Waals surface area contributed by atoms with Crippen molar-refractivity contribution in [2.75, 3.05) is 6.54 Å². The van der Waals surface area contributed by atoms with Crippen molar-refractivity contribution in [2.24, 2.45) is 11.8 Å². The molecule has 0 radical (unpaired) electrons. The van der Waals surface area contributed by atoms with Crippen LogP contribution < -0.4 is 21.3 Å². The number of carbonyl (C=O) groups is 4. The molecular weight excluding hydrogens is 488 g/mol. The summed E-state index contributed by atoms with van der Waals surface area (Å²) in [5.74, 6) is -1.16. The van der Waals surface area contributed by atoms with Crippen LogP contribution in [0, 0.1) is 11.8 Å². The number of amides is 4. The van der Waals surface area contributed by atoms with Gasteiger partial charge in [-0.1, -0.05) is 52.9 Å². The third kappa shape index (κ3) is 13.4. The molecule has 0 aromatic heterocycles. The topological polar surface area (TPSA) is 146 Å². The average Bonchev–Trinajstić information content (AvgIpc) is 2.80. The molecule has 220 valence electrons. The molecule has 0 aromatic carbocycles. The second-order valence-electron chi connectivity index (χ2n) is 11.9. The predicted octanol–water partition coefficient (Wildman–Crippen LogP) is 3.16. The molecule has 1 aliphatic heterocycles. The predicted molar refractivity (Wildman–Crippen MR) is 147 cm³/mol. The van der Waals surface area contributed by atoms with Gasteiger partial charge in [0, 0.05) is 12.5 Å². The monoisotopic (exact) mass is 540 g/mol. The number of ether oxygens (including phenoxy) is 1. The third-order valence-electron chi connectivity index (χ3n) is 6.77. The van der Waals surface area contributed by atoms with E-state index in [1.54, 1.807) is 34.6 Å². The Morgan fingerprint density at radius 3 is 2.37 bits per heavy atom. The molecule has 4 amide bonds. The van der Waals surface area contributed by atoms with E-state index in [0.717, 1.165) is 38.5 Å². The molecule has 0 spiro atoms. The highest BCUT2D eigenvalue weighted by molar-refractivity contribution is 5.91. The second kappa shape index (κ2) is 16.6. The summed E-state index contributed by atoms with van der Waals surface area (Å²) in [4.78, 5) is 50.7. The van der Waals surface area contributed by atoms with Gasteiger partial charge in [-0.2, -0.15) is 0 Å². The van der Waals surface area contributed by atoms with Gasteiger partial charge in [-0.3, -0.25) is 14.4 Å². The first-order chi connectivity index (χ1) is 17.7. The standard InChI is InChI=1S/C28H52N4O6/c1-8-9-15-29-24(34)19(3)17-23(33)22-16-18(2)13-11-10-12-14-21(32-27(37)38-28(5,6)7)26(36)30-20(4)25(35)31-22/h18-23,33H,8-17H2,1-7H3,(H,29,34)(H,30,36)(H,31,35)(H,32,37)/t18-,19-,20+,21+,22+,23+/m1/s1. The molecule has 1 aliphatic rings. The maximum atomic E-state index is 13.0. The fraction of sp³-hybridized carbons (Fsp3) is 0.857. The number of hydrogen-bond acceptors (Lipinski definition) is 6. The third-order valence-corrected chi connectivity index (χ3v) is 6.77. The Morgan fingerprint density at radius 1 is 1.08 bits per heavy atom. The summed E-state index contributed by atoms with van der Waals surface area (Å²) < 4.78 is 5.31. The van der Waals surface area contributed by atoms with E-state index in [2.05, 4.69) is 35.1 Å². The first-order valence-electron chi connectivity index (χ1n) is 14.3. The van der Waals surface area contributed by atoms with Crippen molar-refractivity contribution in [2.45, 2.75) is 136 Å². The van der Waals surface area contributed by atoms with E-state index >= 15 is 0 Å². The number of rotatable bonds is 8. The normalized spacial score (nSPS) is 25.7. The first-order valence-corrected chi connectivity index (χ1v) is 14.3. The lowest BCUT2D eigenvalue weighted by molar-refractivity contribution is -0.131. The van der Waals surface area contributed by atoms with Gasteiger partial charge in [0.05, 0.1) is 12.1 Å². The summed E-state index contributed by atoms with van der Waals surface area (Å²) >= 11 is 0. The second-order valence-corrected chi connectivity index (χ2v) is 11.9. The van der Waals surface area contributed by atoms with E-state index in [0.29, 0.717) is 19.4 Å². The fourth-order valence-electron chi connectivity index (χ4n) is 4.48. The van der Waals surface area contributed by atoms with Crippen molar-refractivity contribution in [1.29, 1.82) is 0 Å². The Kier molecular flexibility index (Phi) is 14.7. The molecule has 1 heterocycles. The molecular formula is C28H52N4O6. The zero-order valence-electron chi connectivity index (χ0n) is 24.5. The number of unbranched alkanes of at least 4 members (excludes halogenated alkanes) is 1. The minimum absolute atomic E-state index is 0.109. The molecule has 0 saturated carbocycles. The van der Waals surface area contributed by atoms with Gasteiger partial charge in [0.25, 0.3) is 0 Å². The summed E-state index contributed by atoms with van der Waals surface area (Å²) in [5, 5.41) is 22.2. The molecule has 38 heavy (non-hydrogen) atoms. The fourth-order valence-corrected chi connectivity index (χ4v) is 4.48. The van der Waals surface area contributed by atoms with Crippen LogP contribution in [0.5, 0.6) is 0 Å². The van der Waals surface area contributed by atoms with Crippen LogP contribution in [0.1, 0.15) is 106 Å². The van der Waals surface area contributed by atoms with Gasteiger partial charge in [0.1, 0.15) is 17.7 Å². The smallest absolute Gasteiger partial charge is 0.408 e. The van der Waals surface area contributed by atoms with Gasteiger partial charge in [-0.05, 0) is 59.3 Å². The van der Waals surface area contributed by atoms with E-state index in [9.17, 15) is 24.3 Å². The number of alkyl carbamates (subject to hydrolysis) is 1. The van der Waals surface area contributed by atoms with Gasteiger partial charge in [-0.15, -0.1) is 0 Å². The van der Waals surface area contributed by atoms with Gasteiger partial charge < -0.3 is 31.1 Å². The van der Waals surface area contributed by atoms with Crippen LogP contribution in [-0.2, 0) is 19.1 Å². The molecule has 6 atom stereocenters. The summed E-state index contributed by atoms with van der Waals surface area (Å²) in [6, 6.07) is -2.26. The lowest BCUT2D eigenvalue weighted by atomic mass is 9.89. The Balaban J connectivity index is 2.92. The van der Waals surface area contributed by atoms with Crippen LogP contribution in [-0.4, -0.2) is 65.3 Å². The van der Waals surface area contributed by atoms with Crippen molar-refractivity contribution < 1.29 is 29.0 Å². The molecule has 5 N–H and O–H groups in total. The van der Waals surface area contributed by atoms with Crippen LogP contribution in [0.3, 0.4) is 0 Å². The Labute approximate surface area is 228 Å². The van der Waals surface area contributed by atoms with E-state index in [1.165, 1.54) is 0 Å². The molecule has 0 unspecified atom stereocenters. The van der Waals surface area contributed by atoms with Crippen LogP contribution in [0.4, 0.5) is 4.79 Å². The van der Waals surface area contributed by atoms with Crippen molar-refractivity contribution in [3.63, 3.8) is 0 Å². The van der Waals surface area contributed by atoms with Gasteiger partial charge in [0.2, 0.25) is 17.7 Å². The van der Waals surface area contributed by atoms with E-state index in [-0.39, 0.29) is 18.2 Å². The highest BCUT2D eigenvalue weighted by Crippen LogP contribution is 2.21. The van der Waals surface area contributed by atoms with Crippen LogP contribution in [0.2, 0.25) is 0 Å². The molecule has 0 bridgehead atoms. The molecule has 10 heteroatoms. The largest absolute Gasteiger partial charge is 0.444 e. The zero-order chi connectivity index (χ0) is 28.9. The van der Waals surface area contributed by atoms with E-state index in [1.807, 2.05) is 0 Å². The molecule has 1 saturated heterocycles. The lowest BCUT2D eigenvalue weighted by Gasteiger charge is -2.30. The Hall–Kier alpha value is -2.36. The Morgan fingerprint density at radius 2 is 1.74 bits per heavy atom. The average molecular weight is 541 g/mol. The van der Waals surface area contributed by atoms with Crippen molar-refractivity contribution in [1.82, 2.24) is 21.3 Å². The SMILES string of the molecule is CCCCNC(=O)[C@H](C)C[C@H](O)[C@@H]1C[C@H](C)CCCCC[C@H](NC(=O)OC(C)(C)C)C(=O)N[C@@H](C)C(=O)N1. The summed E-state index contributed by atoms with van der Waals surface area (Å²) in [6.45, 7) is 13.3. The lowest BCUT2D eigenvalue weighted by Crippen LogP contribution is -2.56. The van der Waals surface area contributed by atoms with E-state index < -0.39 is 53.7 Å². The van der Waals surface area contributed by atoms with Crippen molar-refractivity contribution in [3.05, 3.63) is 0 Å². The highest BCUT2D eigenvalue weighted by Gasteiger charge is 2.31. The summed E-state index contributed by atoms with van der Waals surface area (Å²) in [5.41, 5.74) is -0.699. The van der Waals surface area contributed by atoms with Gasteiger partial charge >= 0.3 is 6.09 Å². The number of hydrogen-bond donors (Lipinski definition) is 5. The van der Waals surface area contributed by atoms with Crippen LogP contribution in [0.15, 0.2) is 0 Å². The number of aliphatic hydroxyl groups excluding tert-OH is 1. The van der Waals surface area contributed by atoms with E-state index in [4.69, 9.17) is 4.74 Å². The number of carbonyl (C=O) groups excluding carboxylic acids is 4. The maximum absolute atomic E-state index is 13.0. The highest BCUT2D eigenvalue weighted by atomic mass is 16.6. The van der Waals surface area contributed by atoms with Crippen LogP contribution in [0.25, 0.3) is 0 Å². The molecule has 10 nitrogen and oxygen atoms in total. The van der Waals surface area contributed by atoms with Crippen molar-refractivity contribution in [3.8, 4) is 0 Å². The molecule has 0 aromatic rings. The summed E-state index contributed by atoms with van der Waals surface area (Å²) in [6.07, 6.45) is 4.96. The Bertz CT molecular complexity index is 769. The minimum atomic E-state index is -0.911. The molecule has 0 aliphatic carbocycles. The number of aliphatic hydroxyl groups is 1. The summed E-state index contributed by atoms with van der Waals surface area (Å²) in [7, 11) is 0. The van der Waals surface area contributed by atoms with Gasteiger partial charge in [0.15, 0.2) is 0 Å². The quantitative estimate of drug-likeness (QED) is 0.299. The molecule has 1 rings (SSSR count). The zero-order valence-corrected chi connectivity index (χ0v) is 24.5. The first kappa shape index (κ1) is 33.7. The van der Waals surface area contributed by atoms with Crippen LogP contribution >= 0.6 is 0 Å². The number of nitrogens with one attached hydrogen (secondary N) is 4.